The highest BCUT2D eigenvalue weighted by Gasteiger charge is 2.22. The van der Waals surface area contributed by atoms with E-state index < -0.39 is 0 Å². The molecular weight excluding hydrogens is 202 g/mol. The molecule has 1 heterocycles. The predicted molar refractivity (Wildman–Crippen MR) is 63.3 cm³/mol. The number of methoxy groups -OCH3 is 1. The lowest BCUT2D eigenvalue weighted by atomic mass is 9.91. The average Bonchev–Trinajstić information content (AvgIpc) is 2.31. The van der Waals surface area contributed by atoms with E-state index in [9.17, 15) is 4.79 Å². The van der Waals surface area contributed by atoms with Crippen LogP contribution >= 0.6 is 0 Å². The molecule has 0 saturated heterocycles. The molecule has 0 amide bonds. The molecule has 1 aromatic heterocycles. The number of hydrogen-bond donors (Lipinski definition) is 0. The molecule has 0 radical (unpaired) electrons. The molecule has 0 aliphatic heterocycles. The summed E-state index contributed by atoms with van der Waals surface area (Å²) >= 11 is 0. The van der Waals surface area contributed by atoms with Gasteiger partial charge in [-0.25, -0.2) is 0 Å². The Balaban J connectivity index is 2.92. The Bertz CT molecular complexity index is 350. The normalized spacial score (nSPS) is 12.2. The lowest BCUT2D eigenvalue weighted by Gasteiger charge is -2.16. The fourth-order valence-corrected chi connectivity index (χ4v) is 1.83. The number of esters is 1. The maximum atomic E-state index is 11.7. The summed E-state index contributed by atoms with van der Waals surface area (Å²) in [4.78, 5) is 15.8. The van der Waals surface area contributed by atoms with Gasteiger partial charge >= 0.3 is 5.97 Å². The lowest BCUT2D eigenvalue weighted by molar-refractivity contribution is -0.142. The first-order valence-electron chi connectivity index (χ1n) is 5.69. The van der Waals surface area contributed by atoms with Crippen LogP contribution < -0.4 is 0 Å². The van der Waals surface area contributed by atoms with E-state index in [4.69, 9.17) is 4.74 Å². The topological polar surface area (TPSA) is 39.2 Å². The molecule has 1 aromatic rings. The third-order valence-electron chi connectivity index (χ3n) is 2.77. The summed E-state index contributed by atoms with van der Waals surface area (Å²) in [6, 6.07) is 1.91. The van der Waals surface area contributed by atoms with Gasteiger partial charge in [-0.2, -0.15) is 0 Å². The fourth-order valence-electron chi connectivity index (χ4n) is 1.83. The van der Waals surface area contributed by atoms with Crippen LogP contribution in [0.3, 0.4) is 0 Å². The van der Waals surface area contributed by atoms with Gasteiger partial charge in [0.15, 0.2) is 0 Å². The molecule has 0 N–H and O–H groups in total. The fraction of sp³-hybridized carbons (Fsp3) is 0.538. The van der Waals surface area contributed by atoms with Gasteiger partial charge in [0.1, 0.15) is 0 Å². The number of aromatic nitrogens is 1. The Kier molecular flexibility index (Phi) is 4.96. The molecule has 1 unspecified atom stereocenters. The van der Waals surface area contributed by atoms with Gasteiger partial charge in [-0.05, 0) is 30.5 Å². The van der Waals surface area contributed by atoms with E-state index in [2.05, 4.69) is 11.9 Å². The smallest absolute Gasteiger partial charge is 0.313 e. The number of nitrogens with zero attached hydrogens (tertiary/aromatic N) is 1. The van der Waals surface area contributed by atoms with Crippen molar-refractivity contribution in [1.82, 2.24) is 4.98 Å². The minimum absolute atomic E-state index is 0.145. The third kappa shape index (κ3) is 3.05. The third-order valence-corrected chi connectivity index (χ3v) is 2.77. The number of aryl methyl sites for hydroxylation is 1. The highest BCUT2D eigenvalue weighted by atomic mass is 16.5. The average molecular weight is 221 g/mol. The van der Waals surface area contributed by atoms with Crippen molar-refractivity contribution in [2.45, 2.75) is 39.0 Å². The zero-order chi connectivity index (χ0) is 12.0. The van der Waals surface area contributed by atoms with Gasteiger partial charge in [-0.3, -0.25) is 9.78 Å². The Morgan fingerprint density at radius 2 is 2.31 bits per heavy atom. The molecule has 3 heteroatoms. The van der Waals surface area contributed by atoms with Crippen LogP contribution in [0.2, 0.25) is 0 Å². The van der Waals surface area contributed by atoms with E-state index in [-0.39, 0.29) is 11.9 Å². The second kappa shape index (κ2) is 6.26. The Hall–Kier alpha value is -1.38. The standard InChI is InChI=1S/C13H19NO2/c1-4-5-6-12(13(15)16-3)11-7-8-14-9-10(11)2/h7-9,12H,4-6H2,1-3H3. The first kappa shape index (κ1) is 12.7. The van der Waals surface area contributed by atoms with Crippen LogP contribution in [0.1, 0.15) is 43.2 Å². The van der Waals surface area contributed by atoms with Crippen molar-refractivity contribution in [3.8, 4) is 0 Å². The largest absolute Gasteiger partial charge is 0.469 e. The van der Waals surface area contributed by atoms with E-state index in [1.54, 1.807) is 12.4 Å². The zero-order valence-corrected chi connectivity index (χ0v) is 10.2. The van der Waals surface area contributed by atoms with Gasteiger partial charge < -0.3 is 4.74 Å². The second-order valence-corrected chi connectivity index (χ2v) is 3.95. The first-order chi connectivity index (χ1) is 7.70. The molecule has 0 spiro atoms. The summed E-state index contributed by atoms with van der Waals surface area (Å²) in [5, 5.41) is 0. The number of carbonyl (C=O) groups is 1. The van der Waals surface area contributed by atoms with Gasteiger partial charge in [0, 0.05) is 12.4 Å². The van der Waals surface area contributed by atoms with E-state index in [0.29, 0.717) is 0 Å². The molecular formula is C13H19NO2. The predicted octanol–water partition coefficient (Wildman–Crippen LogP) is 2.84. The molecule has 0 fully saturated rings. The molecule has 88 valence electrons. The van der Waals surface area contributed by atoms with E-state index in [1.165, 1.54) is 7.11 Å². The number of hydrogen-bond acceptors (Lipinski definition) is 3. The molecule has 3 nitrogen and oxygen atoms in total. The number of carbonyl (C=O) groups excluding carboxylic acids is 1. The lowest BCUT2D eigenvalue weighted by Crippen LogP contribution is -2.15. The number of pyridine rings is 1. The number of ether oxygens (including phenoxy) is 1. The molecule has 0 aliphatic rings. The molecule has 0 aliphatic carbocycles. The molecule has 1 atom stereocenters. The zero-order valence-electron chi connectivity index (χ0n) is 10.2. The Morgan fingerprint density at radius 1 is 1.56 bits per heavy atom. The maximum absolute atomic E-state index is 11.7. The van der Waals surface area contributed by atoms with Crippen LogP contribution in [0.15, 0.2) is 18.5 Å². The summed E-state index contributed by atoms with van der Waals surface area (Å²) in [6.45, 7) is 4.10. The summed E-state index contributed by atoms with van der Waals surface area (Å²) < 4.78 is 4.86. The van der Waals surface area contributed by atoms with Crippen molar-refractivity contribution >= 4 is 5.97 Å². The second-order valence-electron chi connectivity index (χ2n) is 3.95. The van der Waals surface area contributed by atoms with Crippen molar-refractivity contribution < 1.29 is 9.53 Å². The van der Waals surface area contributed by atoms with Crippen molar-refractivity contribution in [1.29, 1.82) is 0 Å². The quantitative estimate of drug-likeness (QED) is 0.718. The van der Waals surface area contributed by atoms with Crippen LogP contribution in [0.4, 0.5) is 0 Å². The van der Waals surface area contributed by atoms with Gasteiger partial charge in [0.25, 0.3) is 0 Å². The highest BCUT2D eigenvalue weighted by molar-refractivity contribution is 5.78. The van der Waals surface area contributed by atoms with Crippen LogP contribution in [0.25, 0.3) is 0 Å². The molecule has 0 aromatic carbocycles. The van der Waals surface area contributed by atoms with E-state index in [1.807, 2.05) is 13.0 Å². The molecule has 0 bridgehead atoms. The monoisotopic (exact) mass is 221 g/mol. The van der Waals surface area contributed by atoms with Gasteiger partial charge in [0.2, 0.25) is 0 Å². The molecule has 16 heavy (non-hydrogen) atoms. The number of unbranched alkanes of at least 4 members (excludes halogenated alkanes) is 1. The van der Waals surface area contributed by atoms with Crippen LogP contribution in [-0.2, 0) is 9.53 Å². The first-order valence-corrected chi connectivity index (χ1v) is 5.69. The van der Waals surface area contributed by atoms with Gasteiger partial charge in [-0.1, -0.05) is 19.8 Å². The van der Waals surface area contributed by atoms with Crippen LogP contribution in [-0.4, -0.2) is 18.1 Å². The van der Waals surface area contributed by atoms with E-state index in [0.717, 1.165) is 30.4 Å². The Morgan fingerprint density at radius 3 is 2.88 bits per heavy atom. The van der Waals surface area contributed by atoms with Gasteiger partial charge in [-0.15, -0.1) is 0 Å². The van der Waals surface area contributed by atoms with Crippen molar-refractivity contribution in [3.63, 3.8) is 0 Å². The summed E-state index contributed by atoms with van der Waals surface area (Å²) in [5.41, 5.74) is 2.09. The Labute approximate surface area is 96.8 Å². The number of rotatable bonds is 5. The minimum atomic E-state index is -0.150. The molecule has 0 saturated carbocycles. The molecule has 1 rings (SSSR count). The minimum Gasteiger partial charge on any atom is -0.469 e. The maximum Gasteiger partial charge on any atom is 0.313 e. The van der Waals surface area contributed by atoms with E-state index >= 15 is 0 Å². The summed E-state index contributed by atoms with van der Waals surface area (Å²) in [7, 11) is 1.44. The van der Waals surface area contributed by atoms with Crippen LogP contribution in [0, 0.1) is 6.92 Å². The van der Waals surface area contributed by atoms with Crippen molar-refractivity contribution in [3.05, 3.63) is 29.6 Å². The van der Waals surface area contributed by atoms with Gasteiger partial charge in [0.05, 0.1) is 13.0 Å². The SMILES string of the molecule is CCCCC(C(=O)OC)c1ccncc1C. The summed E-state index contributed by atoms with van der Waals surface area (Å²) in [6.07, 6.45) is 6.47. The van der Waals surface area contributed by atoms with Crippen molar-refractivity contribution in [2.75, 3.05) is 7.11 Å². The van der Waals surface area contributed by atoms with Crippen molar-refractivity contribution in [2.24, 2.45) is 0 Å². The highest BCUT2D eigenvalue weighted by Crippen LogP contribution is 2.25. The van der Waals surface area contributed by atoms with Crippen LogP contribution in [0.5, 0.6) is 0 Å². The summed E-state index contributed by atoms with van der Waals surface area (Å²) in [5.74, 6) is -0.296.